The Balaban J connectivity index is 4.43. The van der Waals surface area contributed by atoms with Crippen molar-refractivity contribution in [3.63, 3.8) is 0 Å². The van der Waals surface area contributed by atoms with Crippen molar-refractivity contribution in [2.75, 3.05) is 13.2 Å². The Kier molecular flexibility index (Phi) is 13.9. The SMILES string of the molecule is CC(C)=CCC/C(C)=C/COP(=O)(O)OP(=O)(O)OC/C=C(\C)CCC=C(C)C. The van der Waals surface area contributed by atoms with E-state index in [0.717, 1.165) is 36.8 Å². The Morgan fingerprint density at radius 2 is 1.03 bits per heavy atom. The summed E-state index contributed by atoms with van der Waals surface area (Å²) >= 11 is 0. The smallest absolute Gasteiger partial charge is 0.302 e. The van der Waals surface area contributed by atoms with E-state index in [1.54, 1.807) is 12.2 Å². The molecule has 0 bridgehead atoms. The number of hydrogen-bond donors (Lipinski definition) is 2. The molecule has 0 fully saturated rings. The minimum absolute atomic E-state index is 0.211. The van der Waals surface area contributed by atoms with E-state index in [1.807, 2.05) is 41.5 Å². The van der Waals surface area contributed by atoms with Gasteiger partial charge >= 0.3 is 15.6 Å². The van der Waals surface area contributed by atoms with Gasteiger partial charge in [0.05, 0.1) is 13.2 Å². The van der Waals surface area contributed by atoms with Gasteiger partial charge in [-0.25, -0.2) is 9.13 Å². The van der Waals surface area contributed by atoms with Crippen LogP contribution in [-0.2, 0) is 22.5 Å². The summed E-state index contributed by atoms with van der Waals surface area (Å²) in [6, 6.07) is 0. The van der Waals surface area contributed by atoms with Crippen LogP contribution < -0.4 is 0 Å². The van der Waals surface area contributed by atoms with Crippen LogP contribution in [0.3, 0.4) is 0 Å². The van der Waals surface area contributed by atoms with Gasteiger partial charge in [0.2, 0.25) is 0 Å². The van der Waals surface area contributed by atoms with Crippen LogP contribution >= 0.6 is 15.6 Å². The molecule has 0 aromatic carbocycles. The van der Waals surface area contributed by atoms with Crippen molar-refractivity contribution >= 4 is 15.6 Å². The molecule has 0 aromatic rings. The number of hydrogen-bond acceptors (Lipinski definition) is 5. The lowest BCUT2D eigenvalue weighted by molar-refractivity contribution is 0.170. The summed E-state index contributed by atoms with van der Waals surface area (Å²) in [6.07, 6.45) is 10.7. The fourth-order valence-electron chi connectivity index (χ4n) is 2.11. The molecule has 168 valence electrons. The van der Waals surface area contributed by atoms with Crippen LogP contribution in [0.4, 0.5) is 0 Å². The van der Waals surface area contributed by atoms with E-state index in [9.17, 15) is 18.9 Å². The second-order valence-electron chi connectivity index (χ2n) is 7.35. The summed E-state index contributed by atoms with van der Waals surface area (Å²) in [5.41, 5.74) is 4.39. The van der Waals surface area contributed by atoms with E-state index in [2.05, 4.69) is 16.5 Å². The second kappa shape index (κ2) is 14.3. The Hall–Kier alpha value is -0.780. The molecule has 0 rings (SSSR count). The molecule has 0 spiro atoms. The van der Waals surface area contributed by atoms with Gasteiger partial charge < -0.3 is 9.79 Å². The van der Waals surface area contributed by atoms with Crippen molar-refractivity contribution in [3.05, 3.63) is 46.6 Å². The average molecular weight is 450 g/mol. The molecule has 0 aromatic heterocycles. The zero-order chi connectivity index (χ0) is 22.5. The summed E-state index contributed by atoms with van der Waals surface area (Å²) < 4.78 is 37.5. The van der Waals surface area contributed by atoms with Crippen LogP contribution in [0.2, 0.25) is 0 Å². The van der Waals surface area contributed by atoms with Gasteiger partial charge in [-0.1, -0.05) is 46.6 Å². The van der Waals surface area contributed by atoms with Crippen LogP contribution in [0.25, 0.3) is 0 Å². The molecule has 2 N–H and O–H groups in total. The molecule has 0 saturated carbocycles. The van der Waals surface area contributed by atoms with Crippen LogP contribution in [0.5, 0.6) is 0 Å². The number of phosphoric acid groups is 2. The maximum absolute atomic E-state index is 11.9. The molecule has 2 unspecified atom stereocenters. The van der Waals surface area contributed by atoms with E-state index in [0.29, 0.717) is 0 Å². The maximum atomic E-state index is 11.9. The summed E-state index contributed by atoms with van der Waals surface area (Å²) in [4.78, 5) is 19.3. The van der Waals surface area contributed by atoms with Crippen molar-refractivity contribution in [3.8, 4) is 0 Å². The van der Waals surface area contributed by atoms with Gasteiger partial charge in [-0.2, -0.15) is 4.31 Å². The molecule has 0 aliphatic rings. The highest BCUT2D eigenvalue weighted by Gasteiger charge is 2.34. The summed E-state index contributed by atoms with van der Waals surface area (Å²) in [6.45, 7) is 11.4. The molecule has 29 heavy (non-hydrogen) atoms. The fraction of sp³-hybridized carbons (Fsp3) is 0.600. The molecule has 9 heteroatoms. The first-order valence-electron chi connectivity index (χ1n) is 9.57. The third-order valence-electron chi connectivity index (χ3n) is 3.73. The van der Waals surface area contributed by atoms with Gasteiger partial charge in [-0.05, 0) is 67.2 Å². The quantitative estimate of drug-likeness (QED) is 0.226. The normalized spacial score (nSPS) is 16.7. The van der Waals surface area contributed by atoms with Gasteiger partial charge in [-0.15, -0.1) is 0 Å². The molecule has 2 atom stereocenters. The van der Waals surface area contributed by atoms with E-state index in [4.69, 9.17) is 9.05 Å². The zero-order valence-electron chi connectivity index (χ0n) is 18.4. The molecule has 0 saturated heterocycles. The molecule has 0 aliphatic heterocycles. The molecule has 0 aliphatic carbocycles. The van der Waals surface area contributed by atoms with E-state index in [1.165, 1.54) is 11.1 Å². The molecule has 7 nitrogen and oxygen atoms in total. The minimum Gasteiger partial charge on any atom is -0.302 e. The van der Waals surface area contributed by atoms with Crippen LogP contribution in [0.15, 0.2) is 46.6 Å². The predicted molar refractivity (Wildman–Crippen MR) is 117 cm³/mol. The Morgan fingerprint density at radius 3 is 1.34 bits per heavy atom. The summed E-state index contributed by atoms with van der Waals surface area (Å²) in [7, 11) is -9.45. The number of allylic oxidation sites excluding steroid dienone is 6. The van der Waals surface area contributed by atoms with Gasteiger partial charge in [0.25, 0.3) is 0 Å². The highest BCUT2D eigenvalue weighted by Crippen LogP contribution is 2.60. The number of rotatable bonds is 14. The second-order valence-corrected chi connectivity index (χ2v) is 10.4. The van der Waals surface area contributed by atoms with Crippen LogP contribution in [0.1, 0.15) is 67.2 Å². The maximum Gasteiger partial charge on any atom is 0.481 e. The van der Waals surface area contributed by atoms with E-state index < -0.39 is 15.6 Å². The van der Waals surface area contributed by atoms with Gasteiger partial charge in [-0.3, -0.25) is 9.05 Å². The largest absolute Gasteiger partial charge is 0.481 e. The minimum atomic E-state index is -4.73. The Labute approximate surface area is 175 Å². The van der Waals surface area contributed by atoms with Gasteiger partial charge in [0, 0.05) is 0 Å². The van der Waals surface area contributed by atoms with Crippen LogP contribution in [0, 0.1) is 0 Å². The topological polar surface area (TPSA) is 102 Å². The monoisotopic (exact) mass is 450 g/mol. The van der Waals surface area contributed by atoms with E-state index >= 15 is 0 Å². The average Bonchev–Trinajstić information content (AvgIpc) is 2.52. The first kappa shape index (κ1) is 28.2. The summed E-state index contributed by atoms with van der Waals surface area (Å²) in [5, 5.41) is 0. The predicted octanol–water partition coefficient (Wildman–Crippen LogP) is 6.62. The Morgan fingerprint density at radius 1 is 0.690 bits per heavy atom. The van der Waals surface area contributed by atoms with Crippen molar-refractivity contribution in [2.24, 2.45) is 0 Å². The first-order valence-corrected chi connectivity index (χ1v) is 12.6. The van der Waals surface area contributed by atoms with Crippen LogP contribution in [-0.4, -0.2) is 23.0 Å². The van der Waals surface area contributed by atoms with Gasteiger partial charge in [0.15, 0.2) is 0 Å². The standard InChI is InChI=1S/C20H36O7P2/c1-17(2)9-7-11-19(5)13-15-25-28(21,22)27-29(23,24)26-16-14-20(6)12-8-10-18(3)4/h9-10,13-14H,7-8,11-12,15-16H2,1-6H3,(H,21,22)(H,23,24)/b19-13+,20-14+. The first-order chi connectivity index (χ1) is 13.3. The van der Waals surface area contributed by atoms with Crippen molar-refractivity contribution < 1.29 is 32.3 Å². The molecule has 0 amide bonds. The number of phosphoric ester groups is 2. The molecular weight excluding hydrogens is 414 g/mol. The van der Waals surface area contributed by atoms with Crippen molar-refractivity contribution in [2.45, 2.75) is 67.2 Å². The Bertz CT molecular complexity index is 652. The molecule has 0 heterocycles. The lowest BCUT2D eigenvalue weighted by Gasteiger charge is -2.15. The third-order valence-corrected chi connectivity index (χ3v) is 6.33. The van der Waals surface area contributed by atoms with Crippen molar-refractivity contribution in [1.29, 1.82) is 0 Å². The molecular formula is C20H36O7P2. The highest BCUT2D eigenvalue weighted by atomic mass is 31.3. The van der Waals surface area contributed by atoms with E-state index in [-0.39, 0.29) is 13.2 Å². The third kappa shape index (κ3) is 17.8. The summed E-state index contributed by atoms with van der Waals surface area (Å²) in [5.74, 6) is 0. The highest BCUT2D eigenvalue weighted by molar-refractivity contribution is 7.61. The molecule has 0 radical (unpaired) electrons. The lowest BCUT2D eigenvalue weighted by atomic mass is 10.1. The fourth-order valence-corrected chi connectivity index (χ4v) is 4.05. The lowest BCUT2D eigenvalue weighted by Crippen LogP contribution is -1.98. The zero-order valence-corrected chi connectivity index (χ0v) is 20.2. The van der Waals surface area contributed by atoms with Crippen molar-refractivity contribution in [1.82, 2.24) is 0 Å². The van der Waals surface area contributed by atoms with Gasteiger partial charge in [0.1, 0.15) is 0 Å².